The van der Waals surface area contributed by atoms with Crippen LogP contribution in [0.2, 0.25) is 0 Å². The molecule has 0 aromatic heterocycles. The standard InChI is InChI=1S/C38H21F/c39-36-20-15-22(23-16-18-33-26-9-3-1-7-24(26)30-12-5-11-29(23)37(30)33)21-35(36)28-17-19-34-27-10-4-2-8-25(27)31-13-6-14-32(28)38(31)34/h1-21H. The number of hydrogen-bond donors (Lipinski definition) is 0. The first-order chi connectivity index (χ1) is 19.3. The molecule has 0 atom stereocenters. The van der Waals surface area contributed by atoms with Crippen molar-refractivity contribution in [3.05, 3.63) is 133 Å². The van der Waals surface area contributed by atoms with Crippen LogP contribution >= 0.6 is 0 Å². The number of halogens is 1. The zero-order valence-corrected chi connectivity index (χ0v) is 21.0. The summed E-state index contributed by atoms with van der Waals surface area (Å²) >= 11 is 0. The molecule has 180 valence electrons. The van der Waals surface area contributed by atoms with Gasteiger partial charge in [0.1, 0.15) is 5.82 Å². The molecule has 0 amide bonds. The molecule has 0 radical (unpaired) electrons. The number of fused-ring (bicyclic) bond motifs is 6. The smallest absolute Gasteiger partial charge is 0.131 e. The maximum absolute atomic E-state index is 15.6. The Labute approximate surface area is 225 Å². The summed E-state index contributed by atoms with van der Waals surface area (Å²) in [7, 11) is 0. The molecule has 0 heterocycles. The fourth-order valence-electron chi connectivity index (χ4n) is 7.00. The Bertz CT molecular complexity index is 2120. The van der Waals surface area contributed by atoms with Gasteiger partial charge in [-0.3, -0.25) is 0 Å². The zero-order chi connectivity index (χ0) is 25.7. The van der Waals surface area contributed by atoms with Crippen molar-refractivity contribution in [1.29, 1.82) is 0 Å². The van der Waals surface area contributed by atoms with Crippen LogP contribution < -0.4 is 0 Å². The second kappa shape index (κ2) is 7.52. The summed E-state index contributed by atoms with van der Waals surface area (Å²) < 4.78 is 15.6. The van der Waals surface area contributed by atoms with Gasteiger partial charge in [-0.2, -0.15) is 0 Å². The minimum Gasteiger partial charge on any atom is -0.206 e. The van der Waals surface area contributed by atoms with Gasteiger partial charge in [0.25, 0.3) is 0 Å². The van der Waals surface area contributed by atoms with Gasteiger partial charge in [0.15, 0.2) is 0 Å². The normalized spacial score (nSPS) is 12.2. The highest BCUT2D eigenvalue weighted by Crippen LogP contribution is 2.51. The summed E-state index contributed by atoms with van der Waals surface area (Å²) in [6.45, 7) is 0. The van der Waals surface area contributed by atoms with Crippen LogP contribution in [-0.4, -0.2) is 0 Å². The van der Waals surface area contributed by atoms with E-state index < -0.39 is 0 Å². The van der Waals surface area contributed by atoms with Crippen LogP contribution in [0.3, 0.4) is 0 Å². The fourth-order valence-corrected chi connectivity index (χ4v) is 7.00. The van der Waals surface area contributed by atoms with Crippen LogP contribution in [-0.2, 0) is 0 Å². The summed E-state index contributed by atoms with van der Waals surface area (Å²) in [5.41, 5.74) is 13.8. The molecule has 0 bridgehead atoms. The third-order valence-electron chi connectivity index (χ3n) is 8.66. The van der Waals surface area contributed by atoms with Crippen molar-refractivity contribution in [2.75, 3.05) is 0 Å². The second-order valence-corrected chi connectivity index (χ2v) is 10.6. The van der Waals surface area contributed by atoms with Crippen molar-refractivity contribution < 1.29 is 4.39 Å². The minimum absolute atomic E-state index is 0.201. The van der Waals surface area contributed by atoms with Crippen LogP contribution in [0.5, 0.6) is 0 Å². The maximum Gasteiger partial charge on any atom is 0.131 e. The average Bonchev–Trinajstić information content (AvgIpc) is 3.50. The number of hydrogen-bond acceptors (Lipinski definition) is 0. The summed E-state index contributed by atoms with van der Waals surface area (Å²) in [6.07, 6.45) is 0. The third-order valence-corrected chi connectivity index (χ3v) is 8.66. The molecule has 0 aliphatic heterocycles. The van der Waals surface area contributed by atoms with Crippen LogP contribution in [0.1, 0.15) is 0 Å². The summed E-state index contributed by atoms with van der Waals surface area (Å²) in [5.74, 6) is -0.201. The topological polar surface area (TPSA) is 0 Å². The molecule has 7 aromatic rings. The molecule has 0 spiro atoms. The SMILES string of the molecule is Fc1ccc(-c2ccc3c4c(cccc24)-c2ccccc2-3)cc1-c1ccc2c3c(cccc13)-c1ccccc1-2. The molecule has 0 saturated heterocycles. The van der Waals surface area contributed by atoms with Crippen LogP contribution in [0.25, 0.3) is 88.3 Å². The lowest BCUT2D eigenvalue weighted by atomic mass is 9.90. The van der Waals surface area contributed by atoms with Crippen molar-refractivity contribution in [3.8, 4) is 66.8 Å². The Balaban J connectivity index is 1.27. The van der Waals surface area contributed by atoms with Gasteiger partial charge in [-0.05, 0) is 94.9 Å². The molecule has 0 N–H and O–H groups in total. The maximum atomic E-state index is 15.6. The Hall–Kier alpha value is -5.01. The van der Waals surface area contributed by atoms with Crippen molar-refractivity contribution in [3.63, 3.8) is 0 Å². The number of benzene rings is 7. The van der Waals surface area contributed by atoms with Crippen molar-refractivity contribution in [1.82, 2.24) is 0 Å². The lowest BCUT2D eigenvalue weighted by Gasteiger charge is -2.14. The molecule has 1 heteroatoms. The van der Waals surface area contributed by atoms with Crippen LogP contribution in [0, 0.1) is 5.82 Å². The predicted molar refractivity (Wildman–Crippen MR) is 161 cm³/mol. The number of rotatable bonds is 2. The van der Waals surface area contributed by atoms with Gasteiger partial charge < -0.3 is 0 Å². The van der Waals surface area contributed by atoms with Gasteiger partial charge in [0.05, 0.1) is 0 Å². The highest BCUT2D eigenvalue weighted by Gasteiger charge is 2.24. The van der Waals surface area contributed by atoms with E-state index in [1.807, 2.05) is 12.1 Å². The van der Waals surface area contributed by atoms with Crippen LogP contribution in [0.15, 0.2) is 127 Å². The minimum atomic E-state index is -0.201. The first-order valence-corrected chi connectivity index (χ1v) is 13.4. The Kier molecular flexibility index (Phi) is 4.05. The molecular formula is C38H21F. The molecule has 9 rings (SSSR count). The fraction of sp³-hybridized carbons (Fsp3) is 0. The van der Waals surface area contributed by atoms with Gasteiger partial charge in [-0.1, -0.05) is 115 Å². The molecule has 0 unspecified atom stereocenters. The second-order valence-electron chi connectivity index (χ2n) is 10.6. The predicted octanol–water partition coefficient (Wildman–Crippen LogP) is 10.8. The summed E-state index contributed by atoms with van der Waals surface area (Å²) in [4.78, 5) is 0. The quantitative estimate of drug-likeness (QED) is 0.223. The Morgan fingerprint density at radius 3 is 1.31 bits per heavy atom. The van der Waals surface area contributed by atoms with Crippen LogP contribution in [0.4, 0.5) is 4.39 Å². The van der Waals surface area contributed by atoms with Gasteiger partial charge in [-0.25, -0.2) is 4.39 Å². The van der Waals surface area contributed by atoms with E-state index in [0.29, 0.717) is 5.56 Å². The van der Waals surface area contributed by atoms with E-state index in [2.05, 4.69) is 109 Å². The molecule has 0 nitrogen and oxygen atoms in total. The molecule has 0 saturated carbocycles. The van der Waals surface area contributed by atoms with E-state index in [4.69, 9.17) is 0 Å². The van der Waals surface area contributed by atoms with Gasteiger partial charge >= 0.3 is 0 Å². The largest absolute Gasteiger partial charge is 0.206 e. The Morgan fingerprint density at radius 2 is 0.744 bits per heavy atom. The molecule has 2 aliphatic carbocycles. The van der Waals surface area contributed by atoms with E-state index in [9.17, 15) is 0 Å². The first-order valence-electron chi connectivity index (χ1n) is 13.4. The Morgan fingerprint density at radius 1 is 0.308 bits per heavy atom. The molecule has 2 aliphatic rings. The average molecular weight is 497 g/mol. The summed E-state index contributed by atoms with van der Waals surface area (Å²) in [6, 6.07) is 44.4. The van der Waals surface area contributed by atoms with E-state index in [0.717, 1.165) is 22.1 Å². The van der Waals surface area contributed by atoms with Gasteiger partial charge in [-0.15, -0.1) is 0 Å². The zero-order valence-electron chi connectivity index (χ0n) is 21.0. The van der Waals surface area contributed by atoms with Crippen molar-refractivity contribution in [2.45, 2.75) is 0 Å². The van der Waals surface area contributed by atoms with E-state index >= 15 is 4.39 Å². The van der Waals surface area contributed by atoms with Gasteiger partial charge in [0, 0.05) is 5.56 Å². The first kappa shape index (κ1) is 21.0. The summed E-state index contributed by atoms with van der Waals surface area (Å²) in [5, 5.41) is 4.79. The highest BCUT2D eigenvalue weighted by molar-refractivity contribution is 6.20. The highest BCUT2D eigenvalue weighted by atomic mass is 19.1. The van der Waals surface area contributed by atoms with Crippen molar-refractivity contribution in [2.24, 2.45) is 0 Å². The molecular weight excluding hydrogens is 475 g/mol. The lowest BCUT2D eigenvalue weighted by molar-refractivity contribution is 0.631. The third kappa shape index (κ3) is 2.72. The lowest BCUT2D eigenvalue weighted by Crippen LogP contribution is -1.90. The van der Waals surface area contributed by atoms with E-state index in [-0.39, 0.29) is 5.82 Å². The monoisotopic (exact) mass is 496 g/mol. The van der Waals surface area contributed by atoms with Gasteiger partial charge in [0.2, 0.25) is 0 Å². The van der Waals surface area contributed by atoms with Crippen molar-refractivity contribution >= 4 is 21.5 Å². The molecule has 7 aromatic carbocycles. The molecule has 39 heavy (non-hydrogen) atoms. The van der Waals surface area contributed by atoms with E-state index in [1.54, 1.807) is 6.07 Å². The molecule has 0 fully saturated rings. The van der Waals surface area contributed by atoms with E-state index in [1.165, 1.54) is 60.7 Å².